The molecule has 1 N–H and O–H groups in total. The zero-order valence-electron chi connectivity index (χ0n) is 11.7. The average molecular weight is 333 g/mol. The van der Waals surface area contributed by atoms with Gasteiger partial charge in [-0.05, 0) is 53.0 Å². The van der Waals surface area contributed by atoms with Gasteiger partial charge in [-0.3, -0.25) is 4.79 Å². The van der Waals surface area contributed by atoms with E-state index in [0.29, 0.717) is 6.54 Å². The third kappa shape index (κ3) is 2.40. The molecule has 2 heterocycles. The number of halogens is 1. The van der Waals surface area contributed by atoms with Crippen molar-refractivity contribution in [3.63, 3.8) is 0 Å². The Labute approximate surface area is 127 Å². The van der Waals surface area contributed by atoms with Crippen molar-refractivity contribution in [1.82, 2.24) is 9.88 Å². The number of fused-ring (bicyclic) bond motifs is 1. The highest BCUT2D eigenvalue weighted by Crippen LogP contribution is 2.24. The normalized spacial score (nSPS) is 14.2. The molecule has 0 atom stereocenters. The maximum absolute atomic E-state index is 12.7. The van der Waals surface area contributed by atoms with Gasteiger partial charge < -0.3 is 9.88 Å². The first-order valence-electron chi connectivity index (χ1n) is 6.77. The molecule has 0 bridgehead atoms. The van der Waals surface area contributed by atoms with Crippen molar-refractivity contribution in [3.8, 4) is 0 Å². The summed E-state index contributed by atoms with van der Waals surface area (Å²) in [5.74, 6) is 0.130. The van der Waals surface area contributed by atoms with Crippen molar-refractivity contribution in [2.75, 3.05) is 6.54 Å². The van der Waals surface area contributed by atoms with Crippen molar-refractivity contribution in [1.29, 1.82) is 0 Å². The molecule has 1 aromatic carbocycles. The van der Waals surface area contributed by atoms with E-state index in [0.717, 1.165) is 28.7 Å². The van der Waals surface area contributed by atoms with E-state index in [9.17, 15) is 4.79 Å². The van der Waals surface area contributed by atoms with Gasteiger partial charge in [-0.2, -0.15) is 0 Å². The average Bonchev–Trinajstić information content (AvgIpc) is 2.77. The Bertz CT molecular complexity index is 675. The standard InChI is InChI=1S/C16H17BrN2O/c1-10-3-4-13(11(2)7-10)16(20)19-6-5-14-12(9-19)8-15(17)18-14/h3-4,7-8,18H,5-6,9H2,1-2H3. The Morgan fingerprint density at radius 2 is 2.10 bits per heavy atom. The lowest BCUT2D eigenvalue weighted by Gasteiger charge is -2.27. The molecule has 3 nitrogen and oxygen atoms in total. The smallest absolute Gasteiger partial charge is 0.254 e. The lowest BCUT2D eigenvalue weighted by Crippen LogP contribution is -2.36. The second kappa shape index (κ2) is 5.09. The number of hydrogen-bond donors (Lipinski definition) is 1. The molecule has 104 valence electrons. The number of aromatic nitrogens is 1. The van der Waals surface area contributed by atoms with Gasteiger partial charge in [0.1, 0.15) is 0 Å². The Morgan fingerprint density at radius 3 is 2.85 bits per heavy atom. The summed E-state index contributed by atoms with van der Waals surface area (Å²) >= 11 is 3.45. The van der Waals surface area contributed by atoms with Crippen molar-refractivity contribution >= 4 is 21.8 Å². The van der Waals surface area contributed by atoms with Crippen LogP contribution >= 0.6 is 15.9 Å². The predicted molar refractivity (Wildman–Crippen MR) is 82.9 cm³/mol. The SMILES string of the molecule is Cc1ccc(C(=O)N2CCc3[nH]c(Br)cc3C2)c(C)c1. The highest BCUT2D eigenvalue weighted by atomic mass is 79.9. The molecule has 1 aromatic heterocycles. The zero-order valence-corrected chi connectivity index (χ0v) is 13.3. The van der Waals surface area contributed by atoms with E-state index >= 15 is 0 Å². The Hall–Kier alpha value is -1.55. The number of hydrogen-bond acceptors (Lipinski definition) is 1. The molecule has 0 saturated heterocycles. The minimum Gasteiger partial charge on any atom is -0.353 e. The van der Waals surface area contributed by atoms with Gasteiger partial charge in [0, 0.05) is 30.8 Å². The quantitative estimate of drug-likeness (QED) is 0.851. The molecule has 0 fully saturated rings. The van der Waals surface area contributed by atoms with Crippen LogP contribution in [0.4, 0.5) is 0 Å². The van der Waals surface area contributed by atoms with Gasteiger partial charge >= 0.3 is 0 Å². The number of nitrogens with zero attached hydrogens (tertiary/aromatic N) is 1. The van der Waals surface area contributed by atoms with Crippen LogP contribution in [0.2, 0.25) is 0 Å². The maximum Gasteiger partial charge on any atom is 0.254 e. The van der Waals surface area contributed by atoms with Gasteiger partial charge in [-0.15, -0.1) is 0 Å². The van der Waals surface area contributed by atoms with Crippen LogP contribution in [-0.4, -0.2) is 22.3 Å². The van der Waals surface area contributed by atoms with Crippen LogP contribution in [0.15, 0.2) is 28.9 Å². The number of amides is 1. The van der Waals surface area contributed by atoms with Gasteiger partial charge in [0.15, 0.2) is 0 Å². The summed E-state index contributed by atoms with van der Waals surface area (Å²) in [6.45, 7) is 5.50. The topological polar surface area (TPSA) is 36.1 Å². The molecule has 1 amide bonds. The first-order chi connectivity index (χ1) is 9.54. The number of aryl methyl sites for hydroxylation is 2. The summed E-state index contributed by atoms with van der Waals surface area (Å²) in [6, 6.07) is 8.07. The fourth-order valence-electron chi connectivity index (χ4n) is 2.79. The second-order valence-electron chi connectivity index (χ2n) is 5.42. The molecule has 20 heavy (non-hydrogen) atoms. The van der Waals surface area contributed by atoms with E-state index in [1.807, 2.05) is 30.9 Å². The van der Waals surface area contributed by atoms with Crippen LogP contribution in [-0.2, 0) is 13.0 Å². The van der Waals surface area contributed by atoms with Gasteiger partial charge in [0.25, 0.3) is 5.91 Å². The highest BCUT2D eigenvalue weighted by Gasteiger charge is 2.24. The van der Waals surface area contributed by atoms with Crippen molar-refractivity contribution in [2.24, 2.45) is 0 Å². The summed E-state index contributed by atoms with van der Waals surface area (Å²) in [5, 5.41) is 0. The third-order valence-electron chi connectivity index (χ3n) is 3.85. The fourth-order valence-corrected chi connectivity index (χ4v) is 3.31. The number of H-pyrrole nitrogens is 1. The first-order valence-corrected chi connectivity index (χ1v) is 7.56. The van der Waals surface area contributed by atoms with E-state index in [2.05, 4.69) is 33.0 Å². The number of benzene rings is 1. The Balaban J connectivity index is 1.85. The molecule has 4 heteroatoms. The molecule has 2 aromatic rings. The summed E-state index contributed by atoms with van der Waals surface area (Å²) in [4.78, 5) is 17.9. The number of nitrogens with one attached hydrogen (secondary N) is 1. The fraction of sp³-hybridized carbons (Fsp3) is 0.312. The molecule has 0 radical (unpaired) electrons. The van der Waals surface area contributed by atoms with Crippen molar-refractivity contribution in [2.45, 2.75) is 26.8 Å². The third-order valence-corrected chi connectivity index (χ3v) is 4.28. The van der Waals surface area contributed by atoms with Crippen LogP contribution < -0.4 is 0 Å². The van der Waals surface area contributed by atoms with Crippen LogP contribution in [0.5, 0.6) is 0 Å². The molecule has 0 spiro atoms. The molecular weight excluding hydrogens is 316 g/mol. The van der Waals surface area contributed by atoms with Gasteiger partial charge in [0.05, 0.1) is 4.60 Å². The number of rotatable bonds is 1. The van der Waals surface area contributed by atoms with Crippen LogP contribution in [0.3, 0.4) is 0 Å². The Morgan fingerprint density at radius 1 is 1.30 bits per heavy atom. The summed E-state index contributed by atoms with van der Waals surface area (Å²) in [5.41, 5.74) is 5.50. The van der Waals surface area contributed by atoms with Crippen molar-refractivity contribution < 1.29 is 4.79 Å². The van der Waals surface area contributed by atoms with E-state index < -0.39 is 0 Å². The molecule has 0 saturated carbocycles. The first kappa shape index (κ1) is 13.4. The van der Waals surface area contributed by atoms with Crippen LogP contribution in [0.25, 0.3) is 0 Å². The monoisotopic (exact) mass is 332 g/mol. The highest BCUT2D eigenvalue weighted by molar-refractivity contribution is 9.10. The van der Waals surface area contributed by atoms with Gasteiger partial charge in [-0.1, -0.05) is 17.7 Å². The minimum absolute atomic E-state index is 0.130. The number of carbonyl (C=O) groups excluding carboxylic acids is 1. The zero-order chi connectivity index (χ0) is 14.3. The van der Waals surface area contributed by atoms with E-state index in [1.54, 1.807) is 0 Å². The molecular formula is C16H17BrN2O. The molecule has 1 aliphatic heterocycles. The van der Waals surface area contributed by atoms with E-state index in [-0.39, 0.29) is 5.91 Å². The molecule has 0 unspecified atom stereocenters. The van der Waals surface area contributed by atoms with Crippen LogP contribution in [0.1, 0.15) is 32.7 Å². The van der Waals surface area contributed by atoms with E-state index in [4.69, 9.17) is 0 Å². The number of aromatic amines is 1. The van der Waals surface area contributed by atoms with Crippen LogP contribution in [0, 0.1) is 13.8 Å². The molecule has 1 aliphatic rings. The predicted octanol–water partition coefficient (Wildman–Crippen LogP) is 3.59. The second-order valence-corrected chi connectivity index (χ2v) is 6.27. The maximum atomic E-state index is 12.7. The Kier molecular flexibility index (Phi) is 3.42. The van der Waals surface area contributed by atoms with Crippen molar-refractivity contribution in [3.05, 3.63) is 56.8 Å². The van der Waals surface area contributed by atoms with Gasteiger partial charge in [-0.25, -0.2) is 0 Å². The number of carbonyl (C=O) groups is 1. The van der Waals surface area contributed by atoms with Gasteiger partial charge in [0.2, 0.25) is 0 Å². The lowest BCUT2D eigenvalue weighted by atomic mass is 10.0. The lowest BCUT2D eigenvalue weighted by molar-refractivity contribution is 0.0733. The minimum atomic E-state index is 0.130. The molecule has 3 rings (SSSR count). The summed E-state index contributed by atoms with van der Waals surface area (Å²) < 4.78 is 0.989. The molecule has 0 aliphatic carbocycles. The van der Waals surface area contributed by atoms with E-state index in [1.165, 1.54) is 16.8 Å². The summed E-state index contributed by atoms with van der Waals surface area (Å²) in [7, 11) is 0. The summed E-state index contributed by atoms with van der Waals surface area (Å²) in [6.07, 6.45) is 0.886. The largest absolute Gasteiger partial charge is 0.353 e.